The molecule has 112 valence electrons. The molecule has 0 aliphatic rings. The molecule has 0 amide bonds. The van der Waals surface area contributed by atoms with E-state index in [-0.39, 0.29) is 5.82 Å². The van der Waals surface area contributed by atoms with E-state index in [1.807, 2.05) is 0 Å². The second kappa shape index (κ2) is 6.32. The van der Waals surface area contributed by atoms with Crippen molar-refractivity contribution in [2.24, 2.45) is 0 Å². The summed E-state index contributed by atoms with van der Waals surface area (Å²) in [7, 11) is 4.57. The zero-order valence-corrected chi connectivity index (χ0v) is 12.2. The number of pyridine rings is 1. The number of rotatable bonds is 5. The minimum Gasteiger partial charge on any atom is -0.496 e. The van der Waals surface area contributed by atoms with Crippen LogP contribution in [0.2, 0.25) is 0 Å². The normalized spacial score (nSPS) is 11.8. The van der Waals surface area contributed by atoms with Gasteiger partial charge in [-0.25, -0.2) is 4.98 Å². The first kappa shape index (κ1) is 14.9. The van der Waals surface area contributed by atoms with E-state index in [1.54, 1.807) is 37.6 Å². The SMILES string of the molecule is COc1cc(OC)c(C(O)c2cccnc2N)c(OC)c1. The Bertz CT molecular complexity index is 606. The van der Waals surface area contributed by atoms with Crippen molar-refractivity contribution in [3.05, 3.63) is 41.6 Å². The number of hydrogen-bond acceptors (Lipinski definition) is 6. The van der Waals surface area contributed by atoms with Crippen LogP contribution in [0, 0.1) is 0 Å². The van der Waals surface area contributed by atoms with Crippen molar-refractivity contribution >= 4 is 5.82 Å². The van der Waals surface area contributed by atoms with Gasteiger partial charge in [0.2, 0.25) is 0 Å². The second-order valence-electron chi connectivity index (χ2n) is 4.33. The van der Waals surface area contributed by atoms with E-state index >= 15 is 0 Å². The van der Waals surface area contributed by atoms with Crippen molar-refractivity contribution < 1.29 is 19.3 Å². The van der Waals surface area contributed by atoms with E-state index in [2.05, 4.69) is 4.98 Å². The molecule has 2 rings (SSSR count). The summed E-state index contributed by atoms with van der Waals surface area (Å²) < 4.78 is 15.8. The van der Waals surface area contributed by atoms with Crippen molar-refractivity contribution in [3.8, 4) is 17.2 Å². The number of hydrogen-bond donors (Lipinski definition) is 2. The molecule has 1 aromatic carbocycles. The van der Waals surface area contributed by atoms with Crippen LogP contribution in [-0.2, 0) is 0 Å². The summed E-state index contributed by atoms with van der Waals surface area (Å²) in [6, 6.07) is 6.76. The minimum atomic E-state index is -1.02. The van der Waals surface area contributed by atoms with Crippen LogP contribution in [-0.4, -0.2) is 31.4 Å². The Labute approximate surface area is 123 Å². The molecule has 0 bridgehead atoms. The number of aliphatic hydroxyl groups is 1. The molecule has 0 saturated carbocycles. The zero-order chi connectivity index (χ0) is 15.4. The third-order valence-corrected chi connectivity index (χ3v) is 3.19. The average molecular weight is 290 g/mol. The van der Waals surface area contributed by atoms with Crippen LogP contribution in [0.4, 0.5) is 5.82 Å². The maximum Gasteiger partial charge on any atom is 0.132 e. The molecule has 0 aliphatic heterocycles. The highest BCUT2D eigenvalue weighted by Crippen LogP contribution is 2.41. The van der Waals surface area contributed by atoms with Crippen LogP contribution >= 0.6 is 0 Å². The predicted octanol–water partition coefficient (Wildman–Crippen LogP) is 1.77. The van der Waals surface area contributed by atoms with Gasteiger partial charge in [-0.1, -0.05) is 6.07 Å². The molecule has 0 radical (unpaired) electrons. The maximum absolute atomic E-state index is 10.6. The van der Waals surface area contributed by atoms with Gasteiger partial charge in [0, 0.05) is 23.9 Å². The van der Waals surface area contributed by atoms with Gasteiger partial charge in [0.25, 0.3) is 0 Å². The van der Waals surface area contributed by atoms with E-state index in [9.17, 15) is 5.11 Å². The Kier molecular flexibility index (Phi) is 4.49. The Morgan fingerprint density at radius 3 is 2.19 bits per heavy atom. The summed E-state index contributed by atoms with van der Waals surface area (Å²) >= 11 is 0. The Balaban J connectivity index is 2.59. The largest absolute Gasteiger partial charge is 0.496 e. The molecular formula is C15H18N2O4. The van der Waals surface area contributed by atoms with Crippen LogP contribution in [0.3, 0.4) is 0 Å². The lowest BCUT2D eigenvalue weighted by Crippen LogP contribution is -2.08. The highest BCUT2D eigenvalue weighted by atomic mass is 16.5. The number of ether oxygens (including phenoxy) is 3. The number of nitrogen functional groups attached to an aromatic ring is 1. The van der Waals surface area contributed by atoms with Gasteiger partial charge >= 0.3 is 0 Å². The molecule has 0 aliphatic carbocycles. The predicted molar refractivity (Wildman–Crippen MR) is 78.8 cm³/mol. The third-order valence-electron chi connectivity index (χ3n) is 3.19. The fourth-order valence-electron chi connectivity index (χ4n) is 2.12. The van der Waals surface area contributed by atoms with E-state index in [0.29, 0.717) is 28.4 Å². The second-order valence-corrected chi connectivity index (χ2v) is 4.33. The van der Waals surface area contributed by atoms with E-state index in [0.717, 1.165) is 0 Å². The van der Waals surface area contributed by atoms with Crippen LogP contribution < -0.4 is 19.9 Å². The molecule has 1 aromatic heterocycles. The number of anilines is 1. The lowest BCUT2D eigenvalue weighted by molar-refractivity contribution is 0.208. The highest BCUT2D eigenvalue weighted by Gasteiger charge is 2.24. The summed E-state index contributed by atoms with van der Waals surface area (Å²) in [6.45, 7) is 0. The van der Waals surface area contributed by atoms with Gasteiger partial charge in [0.15, 0.2) is 0 Å². The molecule has 1 unspecified atom stereocenters. The van der Waals surface area contributed by atoms with E-state index < -0.39 is 6.10 Å². The third kappa shape index (κ3) is 2.85. The number of nitrogens with two attached hydrogens (primary N) is 1. The fraction of sp³-hybridized carbons (Fsp3) is 0.267. The highest BCUT2D eigenvalue weighted by molar-refractivity contribution is 5.56. The quantitative estimate of drug-likeness (QED) is 0.872. The van der Waals surface area contributed by atoms with Gasteiger partial charge < -0.3 is 25.1 Å². The first-order valence-corrected chi connectivity index (χ1v) is 6.30. The topological polar surface area (TPSA) is 86.8 Å². The monoisotopic (exact) mass is 290 g/mol. The van der Waals surface area contributed by atoms with Crippen molar-refractivity contribution in [3.63, 3.8) is 0 Å². The van der Waals surface area contributed by atoms with Crippen LogP contribution in [0.25, 0.3) is 0 Å². The molecule has 3 N–H and O–H groups in total. The van der Waals surface area contributed by atoms with Crippen LogP contribution in [0.5, 0.6) is 17.2 Å². The number of benzene rings is 1. The Morgan fingerprint density at radius 1 is 1.10 bits per heavy atom. The lowest BCUT2D eigenvalue weighted by Gasteiger charge is -2.20. The van der Waals surface area contributed by atoms with Crippen LogP contribution in [0.15, 0.2) is 30.5 Å². The van der Waals surface area contributed by atoms with E-state index in [4.69, 9.17) is 19.9 Å². The first-order valence-electron chi connectivity index (χ1n) is 6.30. The van der Waals surface area contributed by atoms with Crippen molar-refractivity contribution in [2.75, 3.05) is 27.1 Å². The molecule has 0 fully saturated rings. The van der Waals surface area contributed by atoms with E-state index in [1.165, 1.54) is 14.2 Å². The summed E-state index contributed by atoms with van der Waals surface area (Å²) in [4.78, 5) is 3.98. The maximum atomic E-state index is 10.6. The van der Waals surface area contributed by atoms with Crippen molar-refractivity contribution in [1.82, 2.24) is 4.98 Å². The zero-order valence-electron chi connectivity index (χ0n) is 12.2. The van der Waals surface area contributed by atoms with Gasteiger partial charge in [-0.2, -0.15) is 0 Å². The van der Waals surface area contributed by atoms with Crippen molar-refractivity contribution in [1.29, 1.82) is 0 Å². The number of nitrogens with zero attached hydrogens (tertiary/aromatic N) is 1. The summed E-state index contributed by atoms with van der Waals surface area (Å²) in [5.41, 5.74) is 6.78. The van der Waals surface area contributed by atoms with Gasteiger partial charge in [-0.3, -0.25) is 0 Å². The number of methoxy groups -OCH3 is 3. The molecule has 21 heavy (non-hydrogen) atoms. The molecule has 6 nitrogen and oxygen atoms in total. The average Bonchev–Trinajstić information content (AvgIpc) is 2.53. The molecule has 1 atom stereocenters. The number of aromatic nitrogens is 1. The summed E-state index contributed by atoms with van der Waals surface area (Å²) in [6.07, 6.45) is 0.545. The Morgan fingerprint density at radius 2 is 1.71 bits per heavy atom. The van der Waals surface area contributed by atoms with Gasteiger partial charge in [0.05, 0.1) is 26.9 Å². The Hall–Kier alpha value is -2.47. The molecule has 0 spiro atoms. The first-order chi connectivity index (χ1) is 10.1. The smallest absolute Gasteiger partial charge is 0.132 e. The summed E-state index contributed by atoms with van der Waals surface area (Å²) in [5, 5.41) is 10.6. The summed E-state index contributed by atoms with van der Waals surface area (Å²) in [5.74, 6) is 1.72. The molecule has 1 heterocycles. The van der Waals surface area contributed by atoms with Crippen LogP contribution in [0.1, 0.15) is 17.2 Å². The minimum absolute atomic E-state index is 0.255. The van der Waals surface area contributed by atoms with Gasteiger partial charge in [-0.05, 0) is 6.07 Å². The number of aliphatic hydroxyl groups excluding tert-OH is 1. The lowest BCUT2D eigenvalue weighted by atomic mass is 9.99. The fourth-order valence-corrected chi connectivity index (χ4v) is 2.12. The van der Waals surface area contributed by atoms with Gasteiger partial charge in [-0.15, -0.1) is 0 Å². The molecule has 2 aromatic rings. The van der Waals surface area contributed by atoms with Crippen molar-refractivity contribution in [2.45, 2.75) is 6.10 Å². The molecule has 0 saturated heterocycles. The standard InChI is InChI=1S/C15H18N2O4/c1-19-9-7-11(20-2)13(12(8-9)21-3)14(18)10-5-4-6-17-15(10)16/h4-8,14,18H,1-3H3,(H2,16,17). The van der Waals surface area contributed by atoms with Gasteiger partial charge in [0.1, 0.15) is 29.2 Å². The molecule has 6 heteroatoms. The molecular weight excluding hydrogens is 272 g/mol.